The van der Waals surface area contributed by atoms with Crippen LogP contribution in [0.15, 0.2) is 48.5 Å². The maximum Gasteiger partial charge on any atom is 0.229 e. The highest BCUT2D eigenvalue weighted by Gasteiger charge is 2.25. The van der Waals surface area contributed by atoms with Crippen molar-refractivity contribution in [2.24, 2.45) is 0 Å². The molecule has 0 fully saturated rings. The average molecular weight is 372 g/mol. The van der Waals surface area contributed by atoms with Gasteiger partial charge in [0.05, 0.1) is 11.3 Å². The molecule has 4 rings (SSSR count). The zero-order chi connectivity index (χ0) is 19.5. The lowest BCUT2D eigenvalue weighted by Crippen LogP contribution is -2.18. The van der Waals surface area contributed by atoms with Crippen LogP contribution in [-0.4, -0.2) is 15.8 Å². The first-order chi connectivity index (χ1) is 13.6. The van der Waals surface area contributed by atoms with Crippen molar-refractivity contribution in [1.82, 2.24) is 9.97 Å². The van der Waals surface area contributed by atoms with E-state index in [-0.39, 0.29) is 5.78 Å². The highest BCUT2D eigenvalue weighted by molar-refractivity contribution is 6.03. The Kier molecular flexibility index (Phi) is 5.06. The van der Waals surface area contributed by atoms with Crippen molar-refractivity contribution in [2.75, 3.05) is 10.6 Å². The van der Waals surface area contributed by atoms with Gasteiger partial charge in [-0.1, -0.05) is 37.3 Å². The number of nitrogens with zero attached hydrogens (tertiary/aromatic N) is 2. The number of fused-ring (bicyclic) bond motifs is 1. The van der Waals surface area contributed by atoms with Crippen molar-refractivity contribution in [3.63, 3.8) is 0 Å². The molecule has 2 N–H and O–H groups in total. The molecule has 2 aromatic carbocycles. The lowest BCUT2D eigenvalue weighted by molar-refractivity contribution is 0.0972. The average Bonchev–Trinajstić information content (AvgIpc) is 2.68. The van der Waals surface area contributed by atoms with E-state index in [0.717, 1.165) is 41.9 Å². The second-order valence-corrected chi connectivity index (χ2v) is 7.12. The van der Waals surface area contributed by atoms with Crippen LogP contribution in [0.3, 0.4) is 0 Å². The fraction of sp³-hybridized carbons (Fsp3) is 0.261. The lowest BCUT2D eigenvalue weighted by atomic mass is 9.95. The molecule has 0 saturated heterocycles. The first-order valence-corrected chi connectivity index (χ1v) is 9.77. The van der Waals surface area contributed by atoms with Gasteiger partial charge >= 0.3 is 0 Å². The molecule has 5 nitrogen and oxygen atoms in total. The van der Waals surface area contributed by atoms with Gasteiger partial charge in [-0.15, -0.1) is 0 Å². The molecule has 3 aromatic rings. The first kappa shape index (κ1) is 18.2. The molecule has 0 aliphatic heterocycles. The summed E-state index contributed by atoms with van der Waals surface area (Å²) in [6.07, 6.45) is 3.07. The first-order valence-electron chi connectivity index (χ1n) is 9.77. The van der Waals surface area contributed by atoms with E-state index in [1.807, 2.05) is 49.4 Å². The van der Waals surface area contributed by atoms with E-state index in [1.54, 1.807) is 0 Å². The number of aromatic nitrogens is 2. The molecule has 0 bridgehead atoms. The molecule has 142 valence electrons. The molecule has 28 heavy (non-hydrogen) atoms. The molecule has 0 spiro atoms. The third-order valence-corrected chi connectivity index (χ3v) is 5.01. The summed E-state index contributed by atoms with van der Waals surface area (Å²) in [5, 5.41) is 6.70. The van der Waals surface area contributed by atoms with Crippen LogP contribution in [0.1, 0.15) is 46.9 Å². The fourth-order valence-corrected chi connectivity index (χ4v) is 3.60. The molecule has 0 radical (unpaired) electrons. The van der Waals surface area contributed by atoms with Crippen LogP contribution in [0, 0.1) is 6.92 Å². The Morgan fingerprint density at radius 3 is 2.68 bits per heavy atom. The topological polar surface area (TPSA) is 66.9 Å². The fourth-order valence-electron chi connectivity index (χ4n) is 3.60. The number of para-hydroxylation sites is 1. The number of carbonyl (C=O) groups excluding carboxylic acids is 1. The smallest absolute Gasteiger partial charge is 0.229 e. The maximum atomic E-state index is 12.6. The van der Waals surface area contributed by atoms with Gasteiger partial charge in [0.15, 0.2) is 5.78 Å². The zero-order valence-electron chi connectivity index (χ0n) is 16.2. The molecule has 1 aromatic heterocycles. The predicted molar refractivity (Wildman–Crippen MR) is 113 cm³/mol. The molecule has 0 amide bonds. The number of aryl methyl sites for hydroxylation is 3. The Bertz CT molecular complexity index is 1030. The molecular formula is C23H24N4O. The number of hydrogen-bond donors (Lipinski definition) is 2. The van der Waals surface area contributed by atoms with Gasteiger partial charge in [-0.2, -0.15) is 4.98 Å². The molecule has 0 unspecified atom stereocenters. The lowest BCUT2D eigenvalue weighted by Gasteiger charge is -2.20. The Labute approximate surface area is 165 Å². The van der Waals surface area contributed by atoms with Crippen LogP contribution >= 0.6 is 0 Å². The van der Waals surface area contributed by atoms with Crippen molar-refractivity contribution in [2.45, 2.75) is 39.5 Å². The van der Waals surface area contributed by atoms with Crippen molar-refractivity contribution in [3.8, 4) is 0 Å². The quantitative estimate of drug-likeness (QED) is 0.632. The number of ketones is 1. The summed E-state index contributed by atoms with van der Waals surface area (Å²) in [4.78, 5) is 22.0. The van der Waals surface area contributed by atoms with Gasteiger partial charge in [-0.05, 0) is 55.5 Å². The van der Waals surface area contributed by atoms with Crippen LogP contribution in [0.5, 0.6) is 0 Å². The van der Waals surface area contributed by atoms with Crippen LogP contribution in [0.2, 0.25) is 0 Å². The van der Waals surface area contributed by atoms with E-state index in [9.17, 15) is 4.79 Å². The van der Waals surface area contributed by atoms with Gasteiger partial charge in [0, 0.05) is 17.8 Å². The van der Waals surface area contributed by atoms with Crippen molar-refractivity contribution in [1.29, 1.82) is 0 Å². The van der Waals surface area contributed by atoms with Crippen LogP contribution in [0.25, 0.3) is 0 Å². The number of rotatable bonds is 5. The Balaban J connectivity index is 1.76. The van der Waals surface area contributed by atoms with Gasteiger partial charge < -0.3 is 10.6 Å². The van der Waals surface area contributed by atoms with E-state index in [2.05, 4.69) is 33.6 Å². The van der Waals surface area contributed by atoms with E-state index < -0.39 is 0 Å². The van der Waals surface area contributed by atoms with E-state index in [4.69, 9.17) is 0 Å². The van der Waals surface area contributed by atoms with Gasteiger partial charge in [-0.3, -0.25) is 4.79 Å². The summed E-state index contributed by atoms with van der Waals surface area (Å²) >= 11 is 0. The summed E-state index contributed by atoms with van der Waals surface area (Å²) in [6, 6.07) is 16.2. The Hall–Kier alpha value is -3.21. The minimum absolute atomic E-state index is 0.111. The summed E-state index contributed by atoms with van der Waals surface area (Å²) in [7, 11) is 0. The molecular weight excluding hydrogens is 348 g/mol. The summed E-state index contributed by atoms with van der Waals surface area (Å²) < 4.78 is 0. The molecule has 0 atom stereocenters. The zero-order valence-corrected chi connectivity index (χ0v) is 16.2. The molecule has 1 aliphatic rings. The third-order valence-electron chi connectivity index (χ3n) is 5.01. The molecule has 0 saturated carbocycles. The second-order valence-electron chi connectivity index (χ2n) is 7.12. The van der Waals surface area contributed by atoms with Crippen molar-refractivity contribution < 1.29 is 4.79 Å². The highest BCUT2D eigenvalue weighted by Crippen LogP contribution is 2.31. The number of anilines is 4. The van der Waals surface area contributed by atoms with E-state index >= 15 is 0 Å². The van der Waals surface area contributed by atoms with Crippen molar-refractivity contribution >= 4 is 28.9 Å². The number of nitrogens with one attached hydrogen (secondary N) is 2. The third kappa shape index (κ3) is 3.74. The second kappa shape index (κ2) is 7.80. The largest absolute Gasteiger partial charge is 0.339 e. The van der Waals surface area contributed by atoms with E-state index in [0.29, 0.717) is 23.8 Å². The standard InChI is InChI=1S/C23H24N4O/c1-3-16-9-4-5-11-18(16)25-22-21-19(12-7-13-20(21)28)26-23(27-22)24-17-10-6-8-15(2)14-17/h4-6,8-11,14H,3,7,12-13H2,1-2H3,(H2,24,25,26,27). The monoisotopic (exact) mass is 372 g/mol. The minimum Gasteiger partial charge on any atom is -0.339 e. The highest BCUT2D eigenvalue weighted by atomic mass is 16.1. The Morgan fingerprint density at radius 2 is 1.86 bits per heavy atom. The molecule has 5 heteroatoms. The number of Topliss-reactive ketones (excluding diaryl/α,β-unsaturated/α-hetero) is 1. The molecule has 1 aliphatic carbocycles. The van der Waals surface area contributed by atoms with E-state index in [1.165, 1.54) is 5.56 Å². The van der Waals surface area contributed by atoms with Gasteiger partial charge in [0.25, 0.3) is 0 Å². The minimum atomic E-state index is 0.111. The van der Waals surface area contributed by atoms with Crippen LogP contribution < -0.4 is 10.6 Å². The summed E-state index contributed by atoms with van der Waals surface area (Å²) in [6.45, 7) is 4.16. The number of benzene rings is 2. The summed E-state index contributed by atoms with van der Waals surface area (Å²) in [5.74, 6) is 1.21. The van der Waals surface area contributed by atoms with Gasteiger partial charge in [-0.25, -0.2) is 4.98 Å². The molecule has 1 heterocycles. The number of carbonyl (C=O) groups is 1. The van der Waals surface area contributed by atoms with Crippen LogP contribution in [-0.2, 0) is 12.8 Å². The van der Waals surface area contributed by atoms with Gasteiger partial charge in [0.2, 0.25) is 5.95 Å². The number of hydrogen-bond acceptors (Lipinski definition) is 5. The SMILES string of the molecule is CCc1ccccc1Nc1nc(Nc2cccc(C)c2)nc2c1C(=O)CCC2. The van der Waals surface area contributed by atoms with Crippen molar-refractivity contribution in [3.05, 3.63) is 70.9 Å². The van der Waals surface area contributed by atoms with Crippen LogP contribution in [0.4, 0.5) is 23.1 Å². The predicted octanol–water partition coefficient (Wildman–Crippen LogP) is 5.35. The Morgan fingerprint density at radius 1 is 1.00 bits per heavy atom. The van der Waals surface area contributed by atoms with Gasteiger partial charge in [0.1, 0.15) is 5.82 Å². The summed E-state index contributed by atoms with van der Waals surface area (Å²) in [5.41, 5.74) is 5.71. The maximum absolute atomic E-state index is 12.6. The normalized spacial score (nSPS) is 13.1.